The molecule has 16 heavy (non-hydrogen) atoms. The summed E-state index contributed by atoms with van der Waals surface area (Å²) in [6.45, 7) is 2.55. The zero-order valence-electron chi connectivity index (χ0n) is 9.18. The summed E-state index contributed by atoms with van der Waals surface area (Å²) in [5.74, 6) is 0.496. The van der Waals surface area contributed by atoms with Gasteiger partial charge in [-0.2, -0.15) is 0 Å². The molecule has 1 fully saturated rings. The Morgan fingerprint density at radius 1 is 1.44 bits per heavy atom. The lowest BCUT2D eigenvalue weighted by Gasteiger charge is -2.23. The second-order valence-electron chi connectivity index (χ2n) is 4.50. The van der Waals surface area contributed by atoms with E-state index in [1.165, 1.54) is 6.33 Å². The molecule has 1 unspecified atom stereocenters. The smallest absolute Gasteiger partial charge is 0.152 e. The van der Waals surface area contributed by atoms with E-state index in [9.17, 15) is 8.42 Å². The summed E-state index contributed by atoms with van der Waals surface area (Å²) in [6.07, 6.45) is 5.61. The Bertz CT molecular complexity index is 460. The van der Waals surface area contributed by atoms with E-state index in [-0.39, 0.29) is 17.0 Å². The van der Waals surface area contributed by atoms with Gasteiger partial charge in [0.2, 0.25) is 0 Å². The summed E-state index contributed by atoms with van der Waals surface area (Å²) in [6, 6.07) is 0. The van der Waals surface area contributed by atoms with Crippen molar-refractivity contribution in [2.24, 2.45) is 0 Å². The van der Waals surface area contributed by atoms with Gasteiger partial charge in [-0.05, 0) is 13.3 Å². The predicted molar refractivity (Wildman–Crippen MR) is 60.5 cm³/mol. The molecule has 1 aliphatic heterocycles. The molecule has 0 saturated carbocycles. The van der Waals surface area contributed by atoms with Gasteiger partial charge in [0.15, 0.2) is 9.84 Å². The van der Waals surface area contributed by atoms with E-state index in [1.807, 2.05) is 6.92 Å². The number of nitrogens with one attached hydrogen (secondary N) is 1. The molecule has 6 heteroatoms. The quantitative estimate of drug-likeness (QED) is 0.815. The van der Waals surface area contributed by atoms with Crippen LogP contribution in [0.5, 0.6) is 0 Å². The van der Waals surface area contributed by atoms with Gasteiger partial charge in [0.25, 0.3) is 0 Å². The van der Waals surface area contributed by atoms with E-state index in [0.717, 1.165) is 5.56 Å². The third-order valence-corrected chi connectivity index (χ3v) is 4.74. The van der Waals surface area contributed by atoms with Gasteiger partial charge in [-0.25, -0.2) is 18.4 Å². The Labute approximate surface area is 95.2 Å². The molecule has 0 aliphatic carbocycles. The number of hydrogen-bond donors (Lipinski definition) is 1. The molecule has 0 radical (unpaired) electrons. The van der Waals surface area contributed by atoms with E-state index >= 15 is 0 Å². The highest BCUT2D eigenvalue weighted by Gasteiger charge is 2.37. The first-order valence-corrected chi connectivity index (χ1v) is 7.01. The van der Waals surface area contributed by atoms with Gasteiger partial charge >= 0.3 is 0 Å². The zero-order chi connectivity index (χ0) is 11.6. The van der Waals surface area contributed by atoms with Crippen molar-refractivity contribution in [1.29, 1.82) is 0 Å². The fraction of sp³-hybridized carbons (Fsp3) is 0.600. The van der Waals surface area contributed by atoms with Crippen LogP contribution < -0.4 is 5.32 Å². The maximum absolute atomic E-state index is 11.4. The first-order valence-electron chi connectivity index (χ1n) is 5.19. The largest absolute Gasteiger partial charge is 0.306 e. The van der Waals surface area contributed by atoms with Crippen LogP contribution in [0.3, 0.4) is 0 Å². The van der Waals surface area contributed by atoms with Gasteiger partial charge in [-0.15, -0.1) is 0 Å². The van der Waals surface area contributed by atoms with Gasteiger partial charge in [0, 0.05) is 30.0 Å². The van der Waals surface area contributed by atoms with Crippen LogP contribution in [-0.2, 0) is 16.4 Å². The number of rotatable bonds is 3. The topological polar surface area (TPSA) is 72.0 Å². The molecule has 5 nitrogen and oxygen atoms in total. The first kappa shape index (κ1) is 11.5. The molecular formula is C10H15N3O2S. The number of nitrogens with zero attached hydrogens (tertiary/aromatic N) is 2. The normalized spacial score (nSPS) is 28.1. The Morgan fingerprint density at radius 3 is 2.69 bits per heavy atom. The van der Waals surface area contributed by atoms with Crippen LogP contribution in [0.4, 0.5) is 0 Å². The van der Waals surface area contributed by atoms with E-state index in [2.05, 4.69) is 15.3 Å². The monoisotopic (exact) mass is 241 g/mol. The minimum absolute atomic E-state index is 0.216. The van der Waals surface area contributed by atoms with Gasteiger partial charge in [-0.3, -0.25) is 0 Å². The number of sulfone groups is 1. The summed E-state index contributed by atoms with van der Waals surface area (Å²) >= 11 is 0. The maximum Gasteiger partial charge on any atom is 0.152 e. The Balaban J connectivity index is 1.96. The summed E-state index contributed by atoms with van der Waals surface area (Å²) in [4.78, 5) is 7.82. The van der Waals surface area contributed by atoms with Crippen LogP contribution in [0.2, 0.25) is 0 Å². The highest BCUT2D eigenvalue weighted by Crippen LogP contribution is 2.23. The van der Waals surface area contributed by atoms with Crippen molar-refractivity contribution in [3.05, 3.63) is 24.3 Å². The zero-order valence-corrected chi connectivity index (χ0v) is 10.00. The van der Waals surface area contributed by atoms with E-state index < -0.39 is 9.84 Å². The third-order valence-electron chi connectivity index (χ3n) is 2.84. The summed E-state index contributed by atoms with van der Waals surface area (Å²) in [5.41, 5.74) is 0.655. The second-order valence-corrected chi connectivity index (χ2v) is 6.69. The molecule has 1 atom stereocenters. The van der Waals surface area contributed by atoms with Crippen molar-refractivity contribution in [1.82, 2.24) is 15.3 Å². The molecule has 1 aromatic rings. The maximum atomic E-state index is 11.4. The highest BCUT2D eigenvalue weighted by atomic mass is 32.2. The summed E-state index contributed by atoms with van der Waals surface area (Å²) in [7, 11) is -2.85. The highest BCUT2D eigenvalue weighted by molar-refractivity contribution is 7.91. The van der Waals surface area contributed by atoms with Crippen molar-refractivity contribution >= 4 is 9.84 Å². The molecule has 1 aliphatic rings. The Morgan fingerprint density at radius 2 is 2.12 bits per heavy atom. The lowest BCUT2D eigenvalue weighted by molar-refractivity contribution is 0.395. The lowest BCUT2D eigenvalue weighted by atomic mass is 10.0. The molecular weight excluding hydrogens is 226 g/mol. The summed E-state index contributed by atoms with van der Waals surface area (Å²) in [5, 5.41) is 3.27. The molecule has 0 bridgehead atoms. The molecule has 1 saturated heterocycles. The molecule has 88 valence electrons. The average molecular weight is 241 g/mol. The van der Waals surface area contributed by atoms with E-state index in [0.29, 0.717) is 13.0 Å². The van der Waals surface area contributed by atoms with Crippen molar-refractivity contribution in [2.75, 3.05) is 11.5 Å². The van der Waals surface area contributed by atoms with Crippen LogP contribution in [0.15, 0.2) is 18.7 Å². The minimum Gasteiger partial charge on any atom is -0.306 e. The molecule has 2 rings (SSSR count). The van der Waals surface area contributed by atoms with Gasteiger partial charge in [0.1, 0.15) is 6.33 Å². The predicted octanol–water partition coefficient (Wildman–Crippen LogP) is 0.143. The van der Waals surface area contributed by atoms with Crippen LogP contribution in [0.1, 0.15) is 18.9 Å². The Kier molecular flexibility index (Phi) is 2.94. The van der Waals surface area contributed by atoms with Gasteiger partial charge in [-0.1, -0.05) is 0 Å². The van der Waals surface area contributed by atoms with Gasteiger partial charge in [0.05, 0.1) is 11.5 Å². The van der Waals surface area contributed by atoms with Crippen molar-refractivity contribution in [2.45, 2.75) is 25.4 Å². The number of aromatic nitrogens is 2. The van der Waals surface area contributed by atoms with Gasteiger partial charge < -0.3 is 5.32 Å². The van der Waals surface area contributed by atoms with Crippen LogP contribution in [0, 0.1) is 0 Å². The van der Waals surface area contributed by atoms with Crippen molar-refractivity contribution < 1.29 is 8.42 Å². The molecule has 2 heterocycles. The average Bonchev–Trinajstić information content (AvgIpc) is 2.53. The minimum atomic E-state index is -2.85. The SMILES string of the molecule is CC1(NCc2cncnc2)CCS(=O)(=O)C1. The lowest BCUT2D eigenvalue weighted by Crippen LogP contribution is -2.42. The standard InChI is InChI=1S/C10H15N3O2S/c1-10(2-3-16(14,15)7-10)13-6-9-4-11-8-12-5-9/h4-5,8,13H,2-3,6-7H2,1H3. The molecule has 0 spiro atoms. The van der Waals surface area contributed by atoms with Crippen LogP contribution >= 0.6 is 0 Å². The fourth-order valence-corrected chi connectivity index (χ4v) is 4.01. The van der Waals surface area contributed by atoms with Crippen molar-refractivity contribution in [3.63, 3.8) is 0 Å². The van der Waals surface area contributed by atoms with E-state index in [1.54, 1.807) is 12.4 Å². The summed E-state index contributed by atoms with van der Waals surface area (Å²) < 4.78 is 22.8. The van der Waals surface area contributed by atoms with Crippen LogP contribution in [-0.4, -0.2) is 35.4 Å². The molecule has 1 aromatic heterocycles. The third kappa shape index (κ3) is 2.76. The van der Waals surface area contributed by atoms with Crippen LogP contribution in [0.25, 0.3) is 0 Å². The number of hydrogen-bond acceptors (Lipinski definition) is 5. The van der Waals surface area contributed by atoms with Crippen molar-refractivity contribution in [3.8, 4) is 0 Å². The first-order chi connectivity index (χ1) is 7.49. The second kappa shape index (κ2) is 4.10. The fourth-order valence-electron chi connectivity index (χ4n) is 1.89. The molecule has 0 aromatic carbocycles. The van der Waals surface area contributed by atoms with E-state index in [4.69, 9.17) is 0 Å². The molecule has 1 N–H and O–H groups in total. The molecule has 0 amide bonds. The Hall–Kier alpha value is -1.01.